The SMILES string of the molecule is CN(C(=O)Cn1c(CCCCCNC(=O)Cc2ccc(Cl)cc2)nc2ccccc21)c1ccccc1. The minimum atomic E-state index is 0.00834. The molecule has 0 aliphatic carbocycles. The normalized spacial score (nSPS) is 10.9. The van der Waals surface area contributed by atoms with Crippen LogP contribution in [-0.4, -0.2) is 35.0 Å². The zero-order valence-electron chi connectivity index (χ0n) is 20.5. The van der Waals surface area contributed by atoms with Gasteiger partial charge in [-0.15, -0.1) is 0 Å². The fraction of sp³-hybridized carbons (Fsp3) is 0.276. The molecule has 6 nitrogen and oxygen atoms in total. The number of hydrogen-bond donors (Lipinski definition) is 1. The first-order valence-corrected chi connectivity index (χ1v) is 12.7. The highest BCUT2D eigenvalue weighted by Gasteiger charge is 2.17. The van der Waals surface area contributed by atoms with Gasteiger partial charge in [0, 0.05) is 30.7 Å². The van der Waals surface area contributed by atoms with E-state index >= 15 is 0 Å². The summed E-state index contributed by atoms with van der Waals surface area (Å²) in [7, 11) is 1.80. The standard InChI is InChI=1S/C29H31ClN4O2/c1-33(24-10-4-2-5-11-24)29(36)21-34-26-13-8-7-12-25(26)32-27(34)14-6-3-9-19-31-28(35)20-22-15-17-23(30)18-16-22/h2,4-5,7-8,10-13,15-18H,3,6,9,14,19-21H2,1H3,(H,31,35). The Labute approximate surface area is 216 Å². The summed E-state index contributed by atoms with van der Waals surface area (Å²) in [6, 6.07) is 24.9. The molecule has 0 unspecified atom stereocenters. The third-order valence-corrected chi connectivity index (χ3v) is 6.47. The zero-order chi connectivity index (χ0) is 25.3. The number of carbonyl (C=O) groups is 2. The first-order valence-electron chi connectivity index (χ1n) is 12.3. The van der Waals surface area contributed by atoms with Gasteiger partial charge in [-0.05, 0) is 54.8 Å². The number of nitrogens with one attached hydrogen (secondary N) is 1. The van der Waals surface area contributed by atoms with Crippen molar-refractivity contribution in [2.24, 2.45) is 0 Å². The molecule has 0 saturated carbocycles. The van der Waals surface area contributed by atoms with Crippen molar-refractivity contribution in [3.63, 3.8) is 0 Å². The van der Waals surface area contributed by atoms with E-state index in [-0.39, 0.29) is 18.4 Å². The molecular formula is C29H31ClN4O2. The third-order valence-electron chi connectivity index (χ3n) is 6.22. The number of unbranched alkanes of at least 4 members (excludes halogenated alkanes) is 2. The van der Waals surface area contributed by atoms with E-state index in [4.69, 9.17) is 16.6 Å². The van der Waals surface area contributed by atoms with Gasteiger partial charge >= 0.3 is 0 Å². The van der Waals surface area contributed by atoms with Crippen molar-refractivity contribution in [2.45, 2.75) is 38.6 Å². The maximum Gasteiger partial charge on any atom is 0.246 e. The Balaban J connectivity index is 1.29. The average molecular weight is 503 g/mol. The van der Waals surface area contributed by atoms with Crippen LogP contribution in [0, 0.1) is 0 Å². The Morgan fingerprint density at radius 1 is 0.917 bits per heavy atom. The highest BCUT2D eigenvalue weighted by atomic mass is 35.5. The highest BCUT2D eigenvalue weighted by molar-refractivity contribution is 6.30. The Bertz CT molecular complexity index is 1300. The molecule has 0 aliphatic rings. The van der Waals surface area contributed by atoms with Crippen LogP contribution in [0.5, 0.6) is 0 Å². The van der Waals surface area contributed by atoms with E-state index in [0.29, 0.717) is 18.0 Å². The molecule has 2 amide bonds. The quantitative estimate of drug-likeness (QED) is 0.278. The van der Waals surface area contributed by atoms with Crippen molar-refractivity contribution in [3.05, 3.63) is 95.3 Å². The van der Waals surface area contributed by atoms with E-state index in [0.717, 1.165) is 53.8 Å². The van der Waals surface area contributed by atoms with Crippen LogP contribution in [0.1, 0.15) is 30.7 Å². The van der Waals surface area contributed by atoms with Gasteiger partial charge in [0.25, 0.3) is 0 Å². The van der Waals surface area contributed by atoms with Crippen LogP contribution in [0.2, 0.25) is 5.02 Å². The van der Waals surface area contributed by atoms with Gasteiger partial charge in [-0.25, -0.2) is 4.98 Å². The molecule has 0 fully saturated rings. The third kappa shape index (κ3) is 6.73. The van der Waals surface area contributed by atoms with Crippen LogP contribution in [0.25, 0.3) is 11.0 Å². The van der Waals surface area contributed by atoms with Crippen molar-refractivity contribution < 1.29 is 9.59 Å². The van der Waals surface area contributed by atoms with Crippen LogP contribution >= 0.6 is 11.6 Å². The number of nitrogens with zero attached hydrogens (tertiary/aromatic N) is 3. The van der Waals surface area contributed by atoms with Crippen LogP contribution in [-0.2, 0) is 29.0 Å². The molecule has 3 aromatic carbocycles. The monoisotopic (exact) mass is 502 g/mol. The molecule has 36 heavy (non-hydrogen) atoms. The van der Waals surface area contributed by atoms with Crippen molar-refractivity contribution in [3.8, 4) is 0 Å². The Kier molecular flexibility index (Phi) is 8.74. The van der Waals surface area contributed by atoms with Gasteiger partial charge in [0.2, 0.25) is 11.8 Å². The molecule has 7 heteroatoms. The lowest BCUT2D eigenvalue weighted by atomic mass is 10.1. The van der Waals surface area contributed by atoms with E-state index in [1.807, 2.05) is 71.3 Å². The maximum atomic E-state index is 13.1. The smallest absolute Gasteiger partial charge is 0.246 e. The van der Waals surface area contributed by atoms with Crippen LogP contribution in [0.4, 0.5) is 5.69 Å². The summed E-state index contributed by atoms with van der Waals surface area (Å²) in [5.41, 5.74) is 3.68. The zero-order valence-corrected chi connectivity index (χ0v) is 21.2. The van der Waals surface area contributed by atoms with Gasteiger partial charge < -0.3 is 14.8 Å². The summed E-state index contributed by atoms with van der Waals surface area (Å²) in [5, 5.41) is 3.66. The lowest BCUT2D eigenvalue weighted by molar-refractivity contribution is -0.120. The summed E-state index contributed by atoms with van der Waals surface area (Å²) in [6.45, 7) is 0.880. The molecule has 0 spiro atoms. The summed E-state index contributed by atoms with van der Waals surface area (Å²) >= 11 is 5.90. The van der Waals surface area contributed by atoms with E-state index in [9.17, 15) is 9.59 Å². The number of likely N-dealkylation sites (N-methyl/N-ethyl adjacent to an activating group) is 1. The predicted octanol–water partition coefficient (Wildman–Crippen LogP) is 5.42. The Hall–Kier alpha value is -3.64. The molecule has 4 aromatic rings. The number of para-hydroxylation sites is 3. The minimum absolute atomic E-state index is 0.00834. The van der Waals surface area contributed by atoms with Gasteiger partial charge in [-0.3, -0.25) is 9.59 Å². The number of fused-ring (bicyclic) bond motifs is 1. The molecule has 0 radical (unpaired) electrons. The van der Waals surface area contributed by atoms with Gasteiger partial charge in [-0.1, -0.05) is 60.5 Å². The lowest BCUT2D eigenvalue weighted by Gasteiger charge is -2.18. The van der Waals surface area contributed by atoms with Gasteiger partial charge in [0.1, 0.15) is 12.4 Å². The molecule has 186 valence electrons. The van der Waals surface area contributed by atoms with Crippen molar-refractivity contribution in [1.82, 2.24) is 14.9 Å². The minimum Gasteiger partial charge on any atom is -0.356 e. The molecule has 1 N–H and O–H groups in total. The van der Waals surface area contributed by atoms with Gasteiger partial charge in [0.05, 0.1) is 17.5 Å². The van der Waals surface area contributed by atoms with Gasteiger partial charge in [0.15, 0.2) is 0 Å². The first kappa shape index (κ1) is 25.5. The van der Waals surface area contributed by atoms with Crippen LogP contribution in [0.15, 0.2) is 78.9 Å². The molecule has 1 heterocycles. The number of carbonyl (C=O) groups excluding carboxylic acids is 2. The second-order valence-corrected chi connectivity index (χ2v) is 9.29. The number of amides is 2. The number of anilines is 1. The summed E-state index contributed by atoms with van der Waals surface area (Å²) in [4.78, 5) is 31.7. The molecule has 0 atom stereocenters. The van der Waals surface area contributed by atoms with E-state index < -0.39 is 0 Å². The van der Waals surface area contributed by atoms with Crippen molar-refractivity contribution >= 4 is 40.1 Å². The largest absolute Gasteiger partial charge is 0.356 e. The Morgan fingerprint density at radius 2 is 1.64 bits per heavy atom. The summed E-state index contributed by atoms with van der Waals surface area (Å²) < 4.78 is 2.03. The predicted molar refractivity (Wildman–Crippen MR) is 145 cm³/mol. The molecule has 0 saturated heterocycles. The Morgan fingerprint density at radius 3 is 2.42 bits per heavy atom. The fourth-order valence-corrected chi connectivity index (χ4v) is 4.32. The molecule has 4 rings (SSSR count). The number of hydrogen-bond acceptors (Lipinski definition) is 3. The number of rotatable bonds is 11. The average Bonchev–Trinajstić information content (AvgIpc) is 3.24. The molecular weight excluding hydrogens is 472 g/mol. The van der Waals surface area contributed by atoms with Crippen LogP contribution in [0.3, 0.4) is 0 Å². The molecule has 0 bridgehead atoms. The summed E-state index contributed by atoms with van der Waals surface area (Å²) in [6.07, 6.45) is 3.91. The number of imidazole rings is 1. The molecule has 0 aliphatic heterocycles. The topological polar surface area (TPSA) is 67.2 Å². The number of aryl methyl sites for hydroxylation is 1. The second kappa shape index (κ2) is 12.4. The van der Waals surface area contributed by atoms with E-state index in [1.54, 1.807) is 24.1 Å². The number of aromatic nitrogens is 2. The van der Waals surface area contributed by atoms with Crippen molar-refractivity contribution in [2.75, 3.05) is 18.5 Å². The maximum absolute atomic E-state index is 13.1. The van der Waals surface area contributed by atoms with E-state index in [2.05, 4.69) is 5.32 Å². The second-order valence-electron chi connectivity index (χ2n) is 8.86. The fourth-order valence-electron chi connectivity index (χ4n) is 4.19. The number of halogens is 1. The van der Waals surface area contributed by atoms with E-state index in [1.165, 1.54) is 0 Å². The number of benzene rings is 3. The summed E-state index contributed by atoms with van der Waals surface area (Å²) in [5.74, 6) is 0.937. The molecule has 1 aromatic heterocycles. The lowest BCUT2D eigenvalue weighted by Crippen LogP contribution is -2.30. The van der Waals surface area contributed by atoms with Crippen molar-refractivity contribution in [1.29, 1.82) is 0 Å². The van der Waals surface area contributed by atoms with Crippen LogP contribution < -0.4 is 10.2 Å². The highest BCUT2D eigenvalue weighted by Crippen LogP contribution is 2.19. The van der Waals surface area contributed by atoms with Gasteiger partial charge in [-0.2, -0.15) is 0 Å². The first-order chi connectivity index (χ1) is 17.5.